The number of amides is 1. The molecule has 3 heteroatoms. The molecule has 0 spiro atoms. The first-order valence-corrected chi connectivity index (χ1v) is 6.52. The molecule has 0 aliphatic heterocycles. The lowest BCUT2D eigenvalue weighted by molar-refractivity contribution is -0.115. The lowest BCUT2D eigenvalue weighted by atomic mass is 10.0. The zero-order valence-electron chi connectivity index (χ0n) is 11.3. The van der Waals surface area contributed by atoms with E-state index in [0.717, 1.165) is 16.8 Å². The van der Waals surface area contributed by atoms with Crippen LogP contribution in [0, 0.1) is 11.3 Å². The number of carbonyl (C=O) groups excluding carboxylic acids is 1. The number of hydrogen-bond acceptors (Lipinski definition) is 2. The molecular formula is C17H16N2O. The van der Waals surface area contributed by atoms with Crippen molar-refractivity contribution >= 4 is 11.6 Å². The van der Waals surface area contributed by atoms with E-state index in [-0.39, 0.29) is 11.8 Å². The van der Waals surface area contributed by atoms with Gasteiger partial charge in [0.15, 0.2) is 0 Å². The number of hydrogen-bond donors (Lipinski definition) is 1. The van der Waals surface area contributed by atoms with E-state index in [2.05, 4.69) is 11.4 Å². The number of anilines is 1. The van der Waals surface area contributed by atoms with E-state index in [0.29, 0.717) is 6.42 Å². The van der Waals surface area contributed by atoms with Crippen LogP contribution in [0.5, 0.6) is 0 Å². The lowest BCUT2D eigenvalue weighted by Crippen LogP contribution is -2.14. The smallest absolute Gasteiger partial charge is 0.228 e. The summed E-state index contributed by atoms with van der Waals surface area (Å²) in [6.07, 6.45) is 0.358. The SMILES string of the molecule is CC(C#N)c1ccc(NC(=O)Cc2ccccc2)cc1. The van der Waals surface area contributed by atoms with Crippen LogP contribution >= 0.6 is 0 Å². The second kappa shape index (κ2) is 6.53. The minimum Gasteiger partial charge on any atom is -0.326 e. The number of benzene rings is 2. The average Bonchev–Trinajstić information content (AvgIpc) is 2.48. The third-order valence-corrected chi connectivity index (χ3v) is 3.10. The first kappa shape index (κ1) is 13.8. The molecular weight excluding hydrogens is 248 g/mol. The molecule has 1 unspecified atom stereocenters. The molecule has 0 heterocycles. The first-order chi connectivity index (χ1) is 9.69. The van der Waals surface area contributed by atoms with Crippen LogP contribution in [0.15, 0.2) is 54.6 Å². The molecule has 0 radical (unpaired) electrons. The predicted molar refractivity (Wildman–Crippen MR) is 79.2 cm³/mol. The molecule has 1 N–H and O–H groups in total. The Hall–Kier alpha value is -2.60. The van der Waals surface area contributed by atoms with Crippen LogP contribution in [-0.2, 0) is 11.2 Å². The summed E-state index contributed by atoms with van der Waals surface area (Å²) in [4.78, 5) is 11.9. The van der Waals surface area contributed by atoms with E-state index in [1.165, 1.54) is 0 Å². The quantitative estimate of drug-likeness (QED) is 0.919. The minimum atomic E-state index is -0.135. The van der Waals surface area contributed by atoms with Crippen LogP contribution in [0.1, 0.15) is 24.0 Å². The van der Waals surface area contributed by atoms with E-state index in [4.69, 9.17) is 5.26 Å². The number of carbonyl (C=O) groups is 1. The zero-order chi connectivity index (χ0) is 14.4. The highest BCUT2D eigenvalue weighted by molar-refractivity contribution is 5.92. The number of nitrogens with zero attached hydrogens (tertiary/aromatic N) is 1. The van der Waals surface area contributed by atoms with Crippen LogP contribution < -0.4 is 5.32 Å². The van der Waals surface area contributed by atoms with Crippen LogP contribution in [0.2, 0.25) is 0 Å². The van der Waals surface area contributed by atoms with Crippen molar-refractivity contribution in [2.75, 3.05) is 5.32 Å². The molecule has 3 nitrogen and oxygen atoms in total. The summed E-state index contributed by atoms with van der Waals surface area (Å²) in [7, 11) is 0. The van der Waals surface area contributed by atoms with Crippen molar-refractivity contribution in [3.8, 4) is 6.07 Å². The lowest BCUT2D eigenvalue weighted by Gasteiger charge is -2.07. The molecule has 2 aromatic carbocycles. The highest BCUT2D eigenvalue weighted by Crippen LogP contribution is 2.17. The van der Waals surface area contributed by atoms with E-state index in [9.17, 15) is 4.79 Å². The van der Waals surface area contributed by atoms with Gasteiger partial charge in [-0.15, -0.1) is 0 Å². The Morgan fingerprint density at radius 1 is 1.15 bits per heavy atom. The van der Waals surface area contributed by atoms with Crippen molar-refractivity contribution in [2.45, 2.75) is 19.3 Å². The van der Waals surface area contributed by atoms with Gasteiger partial charge in [0.1, 0.15) is 0 Å². The predicted octanol–water partition coefficient (Wildman–Crippen LogP) is 3.49. The minimum absolute atomic E-state index is 0.0442. The second-order valence-corrected chi connectivity index (χ2v) is 4.68. The van der Waals surface area contributed by atoms with E-state index in [1.54, 1.807) is 0 Å². The highest BCUT2D eigenvalue weighted by atomic mass is 16.1. The fourth-order valence-electron chi connectivity index (χ4n) is 1.92. The summed E-state index contributed by atoms with van der Waals surface area (Å²) in [6.45, 7) is 1.85. The summed E-state index contributed by atoms with van der Waals surface area (Å²) in [5.41, 5.74) is 2.69. The van der Waals surface area contributed by atoms with Crippen molar-refractivity contribution in [1.82, 2.24) is 0 Å². The molecule has 0 saturated heterocycles. The van der Waals surface area contributed by atoms with Gasteiger partial charge in [-0.05, 0) is 30.2 Å². The van der Waals surface area contributed by atoms with Gasteiger partial charge in [0.25, 0.3) is 0 Å². The van der Waals surface area contributed by atoms with Crippen LogP contribution in [0.3, 0.4) is 0 Å². The third-order valence-electron chi connectivity index (χ3n) is 3.10. The van der Waals surface area contributed by atoms with Gasteiger partial charge >= 0.3 is 0 Å². The molecule has 20 heavy (non-hydrogen) atoms. The molecule has 0 bridgehead atoms. The molecule has 1 atom stereocenters. The molecule has 2 aromatic rings. The molecule has 0 aromatic heterocycles. The molecule has 0 aliphatic rings. The Bertz CT molecular complexity index is 612. The van der Waals surface area contributed by atoms with Gasteiger partial charge in [-0.2, -0.15) is 5.26 Å². The topological polar surface area (TPSA) is 52.9 Å². The Morgan fingerprint density at radius 2 is 1.80 bits per heavy atom. The maximum Gasteiger partial charge on any atom is 0.228 e. The largest absolute Gasteiger partial charge is 0.326 e. The van der Waals surface area contributed by atoms with Gasteiger partial charge in [0.2, 0.25) is 5.91 Å². The van der Waals surface area contributed by atoms with Crippen molar-refractivity contribution in [3.05, 3.63) is 65.7 Å². The monoisotopic (exact) mass is 264 g/mol. The maximum absolute atomic E-state index is 11.9. The van der Waals surface area contributed by atoms with E-state index < -0.39 is 0 Å². The Labute approximate surface area is 118 Å². The van der Waals surface area contributed by atoms with Gasteiger partial charge in [0.05, 0.1) is 18.4 Å². The third kappa shape index (κ3) is 3.69. The van der Waals surface area contributed by atoms with Crippen molar-refractivity contribution in [3.63, 3.8) is 0 Å². The summed E-state index contributed by atoms with van der Waals surface area (Å²) in [5, 5.41) is 11.7. The molecule has 0 aliphatic carbocycles. The van der Waals surface area contributed by atoms with Crippen molar-refractivity contribution in [2.24, 2.45) is 0 Å². The molecule has 0 fully saturated rings. The van der Waals surface area contributed by atoms with Gasteiger partial charge < -0.3 is 5.32 Å². The van der Waals surface area contributed by atoms with Crippen LogP contribution in [0.25, 0.3) is 0 Å². The van der Waals surface area contributed by atoms with E-state index >= 15 is 0 Å². The fraction of sp³-hybridized carbons (Fsp3) is 0.176. The summed E-state index contributed by atoms with van der Waals surface area (Å²) in [6, 6.07) is 19.2. The highest BCUT2D eigenvalue weighted by Gasteiger charge is 2.06. The number of rotatable bonds is 4. The van der Waals surface area contributed by atoms with Crippen LogP contribution in [0.4, 0.5) is 5.69 Å². The maximum atomic E-state index is 11.9. The van der Waals surface area contributed by atoms with Crippen molar-refractivity contribution < 1.29 is 4.79 Å². The van der Waals surface area contributed by atoms with Gasteiger partial charge in [-0.3, -0.25) is 4.79 Å². The zero-order valence-corrected chi connectivity index (χ0v) is 11.3. The summed E-state index contributed by atoms with van der Waals surface area (Å²) < 4.78 is 0. The first-order valence-electron chi connectivity index (χ1n) is 6.52. The van der Waals surface area contributed by atoms with Crippen LogP contribution in [-0.4, -0.2) is 5.91 Å². The molecule has 100 valence electrons. The average molecular weight is 264 g/mol. The molecule has 1 amide bonds. The Balaban J connectivity index is 1.97. The Kier molecular flexibility index (Phi) is 4.52. The van der Waals surface area contributed by atoms with Crippen molar-refractivity contribution in [1.29, 1.82) is 5.26 Å². The fourth-order valence-corrected chi connectivity index (χ4v) is 1.92. The van der Waals surface area contributed by atoms with Gasteiger partial charge in [-0.1, -0.05) is 42.5 Å². The van der Waals surface area contributed by atoms with Gasteiger partial charge in [-0.25, -0.2) is 0 Å². The molecule has 0 saturated carbocycles. The summed E-state index contributed by atoms with van der Waals surface area (Å²) >= 11 is 0. The number of nitrogens with one attached hydrogen (secondary N) is 1. The molecule has 2 rings (SSSR count). The number of nitriles is 1. The summed E-state index contributed by atoms with van der Waals surface area (Å²) in [5.74, 6) is -0.179. The Morgan fingerprint density at radius 3 is 2.40 bits per heavy atom. The second-order valence-electron chi connectivity index (χ2n) is 4.68. The standard InChI is InChI=1S/C17H16N2O/c1-13(12-18)15-7-9-16(10-8-15)19-17(20)11-14-5-3-2-4-6-14/h2-10,13H,11H2,1H3,(H,19,20). The normalized spacial score (nSPS) is 11.4. The van der Waals surface area contributed by atoms with E-state index in [1.807, 2.05) is 61.5 Å². The van der Waals surface area contributed by atoms with Gasteiger partial charge in [0, 0.05) is 5.69 Å².